The summed E-state index contributed by atoms with van der Waals surface area (Å²) < 4.78 is 4.46. The van der Waals surface area contributed by atoms with Gasteiger partial charge >= 0.3 is 5.97 Å². The van der Waals surface area contributed by atoms with Gasteiger partial charge in [-0.25, -0.2) is 4.79 Å². The lowest BCUT2D eigenvalue weighted by Crippen LogP contribution is -2.41. The number of amides is 1. The highest BCUT2D eigenvalue weighted by Gasteiger charge is 2.18. The van der Waals surface area contributed by atoms with Crippen molar-refractivity contribution in [3.8, 4) is 0 Å². The van der Waals surface area contributed by atoms with Crippen LogP contribution in [0, 0.1) is 6.92 Å². The number of hydrogen-bond acceptors (Lipinski definition) is 4. The van der Waals surface area contributed by atoms with Crippen molar-refractivity contribution >= 4 is 11.9 Å². The van der Waals surface area contributed by atoms with E-state index in [1.54, 1.807) is 13.0 Å². The molecule has 2 N–H and O–H groups in total. The molecule has 0 spiro atoms. The molecule has 1 heterocycles. The Morgan fingerprint density at radius 1 is 1.41 bits per heavy atom. The van der Waals surface area contributed by atoms with Gasteiger partial charge in [0.15, 0.2) is 0 Å². The summed E-state index contributed by atoms with van der Waals surface area (Å²) in [6.07, 6.45) is 0. The van der Waals surface area contributed by atoms with Gasteiger partial charge in [-0.2, -0.15) is 0 Å². The molecule has 6 nitrogen and oxygen atoms in total. The summed E-state index contributed by atoms with van der Waals surface area (Å²) in [6, 6.07) is 2.22. The Morgan fingerprint density at radius 3 is 2.59 bits per heavy atom. The van der Waals surface area contributed by atoms with E-state index in [4.69, 9.17) is 0 Å². The van der Waals surface area contributed by atoms with E-state index in [9.17, 15) is 14.4 Å². The van der Waals surface area contributed by atoms with E-state index < -0.39 is 23.5 Å². The van der Waals surface area contributed by atoms with Crippen molar-refractivity contribution in [3.63, 3.8) is 0 Å². The maximum atomic E-state index is 11.7. The van der Waals surface area contributed by atoms with Crippen molar-refractivity contribution in [3.05, 3.63) is 33.7 Å². The van der Waals surface area contributed by atoms with Crippen LogP contribution in [0.25, 0.3) is 0 Å². The van der Waals surface area contributed by atoms with E-state index in [2.05, 4.69) is 15.0 Å². The first-order valence-electron chi connectivity index (χ1n) is 5.04. The maximum absolute atomic E-state index is 11.7. The second-order valence-corrected chi connectivity index (χ2v) is 3.60. The summed E-state index contributed by atoms with van der Waals surface area (Å²) in [5.74, 6) is -1.17. The molecule has 0 radical (unpaired) electrons. The minimum atomic E-state index is -0.798. The van der Waals surface area contributed by atoms with Crippen LogP contribution in [0.3, 0.4) is 0 Å². The number of esters is 1. The molecule has 1 rings (SSSR count). The second kappa shape index (κ2) is 5.29. The Kier molecular flexibility index (Phi) is 4.03. The molecule has 6 heteroatoms. The van der Waals surface area contributed by atoms with Crippen LogP contribution in [0.15, 0.2) is 16.9 Å². The molecule has 0 aromatic carbocycles. The van der Waals surface area contributed by atoms with Crippen LogP contribution in [0.2, 0.25) is 0 Å². The molecular formula is C11H14N2O4. The molecule has 17 heavy (non-hydrogen) atoms. The summed E-state index contributed by atoms with van der Waals surface area (Å²) in [5, 5.41) is 2.37. The van der Waals surface area contributed by atoms with E-state index in [1.165, 1.54) is 20.1 Å². The molecule has 1 amide bonds. The van der Waals surface area contributed by atoms with Gasteiger partial charge in [-0.3, -0.25) is 9.59 Å². The zero-order chi connectivity index (χ0) is 13.0. The highest BCUT2D eigenvalue weighted by atomic mass is 16.5. The van der Waals surface area contributed by atoms with Crippen molar-refractivity contribution in [1.29, 1.82) is 0 Å². The van der Waals surface area contributed by atoms with Crippen LogP contribution in [0.1, 0.15) is 23.0 Å². The molecule has 0 bridgehead atoms. The van der Waals surface area contributed by atoms with E-state index >= 15 is 0 Å². The molecule has 1 aromatic rings. The van der Waals surface area contributed by atoms with Crippen molar-refractivity contribution in [1.82, 2.24) is 10.3 Å². The lowest BCUT2D eigenvalue weighted by Gasteiger charge is -2.10. The average Bonchev–Trinajstić information content (AvgIpc) is 2.27. The Morgan fingerprint density at radius 2 is 2.06 bits per heavy atom. The lowest BCUT2D eigenvalue weighted by atomic mass is 10.2. The average molecular weight is 238 g/mol. The molecule has 1 atom stereocenters. The van der Waals surface area contributed by atoms with Gasteiger partial charge in [0.25, 0.3) is 11.5 Å². The van der Waals surface area contributed by atoms with Gasteiger partial charge in [-0.15, -0.1) is 0 Å². The van der Waals surface area contributed by atoms with Gasteiger partial charge in [-0.05, 0) is 26.0 Å². The normalized spacial score (nSPS) is 11.7. The van der Waals surface area contributed by atoms with E-state index in [-0.39, 0.29) is 5.56 Å². The first-order chi connectivity index (χ1) is 7.95. The van der Waals surface area contributed by atoms with Gasteiger partial charge in [0.2, 0.25) is 0 Å². The Balaban J connectivity index is 2.84. The number of pyridine rings is 1. The molecular weight excluding hydrogens is 224 g/mol. The predicted molar refractivity (Wildman–Crippen MR) is 60.7 cm³/mol. The number of carbonyl (C=O) groups is 2. The molecule has 0 fully saturated rings. The Bertz CT molecular complexity index is 492. The minimum Gasteiger partial charge on any atom is -0.467 e. The van der Waals surface area contributed by atoms with Crippen molar-refractivity contribution in [2.45, 2.75) is 19.9 Å². The highest BCUT2D eigenvalue weighted by Crippen LogP contribution is 1.95. The monoisotopic (exact) mass is 238 g/mol. The van der Waals surface area contributed by atoms with Gasteiger partial charge in [-0.1, -0.05) is 0 Å². The molecule has 1 unspecified atom stereocenters. The van der Waals surface area contributed by atoms with E-state index in [0.717, 1.165) is 0 Å². The van der Waals surface area contributed by atoms with Crippen LogP contribution in [0.5, 0.6) is 0 Å². The zero-order valence-corrected chi connectivity index (χ0v) is 9.87. The number of carbonyl (C=O) groups excluding carboxylic acids is 2. The third-order valence-electron chi connectivity index (χ3n) is 2.20. The largest absolute Gasteiger partial charge is 0.467 e. The van der Waals surface area contributed by atoms with Crippen LogP contribution in [-0.2, 0) is 9.53 Å². The topological polar surface area (TPSA) is 88.3 Å². The quantitative estimate of drug-likeness (QED) is 0.724. The number of nitrogens with one attached hydrogen (secondary N) is 2. The van der Waals surface area contributed by atoms with Gasteiger partial charge in [0, 0.05) is 5.69 Å². The number of aryl methyl sites for hydroxylation is 1. The number of rotatable bonds is 3. The Hall–Kier alpha value is -2.11. The fraction of sp³-hybridized carbons (Fsp3) is 0.364. The predicted octanol–water partition coefficient (Wildman–Crippen LogP) is -0.0254. The van der Waals surface area contributed by atoms with Crippen molar-refractivity contribution in [2.75, 3.05) is 7.11 Å². The summed E-state index contributed by atoms with van der Waals surface area (Å²) in [5.41, 5.74) is 0.137. The highest BCUT2D eigenvalue weighted by molar-refractivity contribution is 5.96. The molecule has 0 aliphatic carbocycles. The SMILES string of the molecule is COC(=O)C(C)NC(=O)c1ccc(C)[nH]c1=O. The summed E-state index contributed by atoms with van der Waals surface area (Å²) in [6.45, 7) is 3.19. The summed E-state index contributed by atoms with van der Waals surface area (Å²) in [4.78, 5) is 36.7. The standard InChI is InChI=1S/C11H14N2O4/c1-6-4-5-8(9(14)12-6)10(15)13-7(2)11(16)17-3/h4-5,7H,1-3H3,(H,12,14)(H,13,15). The van der Waals surface area contributed by atoms with Crippen molar-refractivity contribution in [2.24, 2.45) is 0 Å². The van der Waals surface area contributed by atoms with Gasteiger partial charge in [0.1, 0.15) is 11.6 Å². The van der Waals surface area contributed by atoms with Crippen LogP contribution in [0.4, 0.5) is 0 Å². The third-order valence-corrected chi connectivity index (χ3v) is 2.20. The molecule has 0 aliphatic rings. The summed E-state index contributed by atoms with van der Waals surface area (Å²) >= 11 is 0. The van der Waals surface area contributed by atoms with Gasteiger partial charge in [0.05, 0.1) is 7.11 Å². The second-order valence-electron chi connectivity index (χ2n) is 3.60. The molecule has 92 valence electrons. The fourth-order valence-electron chi connectivity index (χ4n) is 1.26. The van der Waals surface area contributed by atoms with E-state index in [1.807, 2.05) is 0 Å². The molecule has 0 saturated carbocycles. The third kappa shape index (κ3) is 3.17. The van der Waals surface area contributed by atoms with Crippen LogP contribution < -0.4 is 10.9 Å². The number of aromatic nitrogens is 1. The lowest BCUT2D eigenvalue weighted by molar-refractivity contribution is -0.142. The first kappa shape index (κ1) is 13.0. The van der Waals surface area contributed by atoms with E-state index in [0.29, 0.717) is 5.69 Å². The molecule has 0 saturated heterocycles. The van der Waals surface area contributed by atoms with Crippen molar-refractivity contribution < 1.29 is 14.3 Å². The van der Waals surface area contributed by atoms with Crippen LogP contribution >= 0.6 is 0 Å². The molecule has 1 aromatic heterocycles. The van der Waals surface area contributed by atoms with Gasteiger partial charge < -0.3 is 15.0 Å². The number of hydrogen-bond donors (Lipinski definition) is 2. The van der Waals surface area contributed by atoms with Crippen LogP contribution in [-0.4, -0.2) is 30.0 Å². The molecule has 0 aliphatic heterocycles. The zero-order valence-electron chi connectivity index (χ0n) is 9.87. The smallest absolute Gasteiger partial charge is 0.328 e. The number of ether oxygens (including phenoxy) is 1. The first-order valence-corrected chi connectivity index (χ1v) is 5.04. The fourth-order valence-corrected chi connectivity index (χ4v) is 1.26. The summed E-state index contributed by atoms with van der Waals surface area (Å²) in [7, 11) is 1.23. The maximum Gasteiger partial charge on any atom is 0.328 e. The number of aromatic amines is 1. The minimum absolute atomic E-state index is 0.0358. The number of methoxy groups -OCH3 is 1. The Labute approximate surface area is 98.0 Å². The number of H-pyrrole nitrogens is 1.